The molecule has 1 N–H and O–H groups in total. The van der Waals surface area contributed by atoms with E-state index in [1.54, 1.807) is 0 Å². The third kappa shape index (κ3) is 2.17. The van der Waals surface area contributed by atoms with Gasteiger partial charge in [-0.1, -0.05) is 20.8 Å². The number of carbonyl (C=O) groups is 1. The largest absolute Gasteiger partial charge is 0.345 e. The summed E-state index contributed by atoms with van der Waals surface area (Å²) in [7, 11) is 0. The minimum atomic E-state index is 0.332. The van der Waals surface area contributed by atoms with Gasteiger partial charge in [0.05, 0.1) is 0 Å². The van der Waals surface area contributed by atoms with E-state index in [1.807, 2.05) is 0 Å². The van der Waals surface area contributed by atoms with E-state index in [9.17, 15) is 4.79 Å². The lowest BCUT2D eigenvalue weighted by atomic mass is 10.1. The molecule has 3 heteroatoms. The van der Waals surface area contributed by atoms with Crippen LogP contribution in [0.3, 0.4) is 0 Å². The first-order valence-electron chi connectivity index (χ1n) is 4.73. The molecule has 1 aromatic rings. The number of aromatic amines is 1. The maximum atomic E-state index is 10.7. The van der Waals surface area contributed by atoms with Crippen LogP contribution in [0.25, 0.3) is 0 Å². The molecule has 0 atom stereocenters. The van der Waals surface area contributed by atoms with Crippen molar-refractivity contribution in [2.45, 2.75) is 39.5 Å². The zero-order valence-corrected chi connectivity index (χ0v) is 8.42. The van der Waals surface area contributed by atoms with Gasteiger partial charge in [-0.25, -0.2) is 4.98 Å². The summed E-state index contributed by atoms with van der Waals surface area (Å²) < 4.78 is 0. The first-order chi connectivity index (χ1) is 6.19. The molecule has 3 nitrogen and oxygen atoms in total. The monoisotopic (exact) mass is 180 g/mol. The number of nitrogens with one attached hydrogen (secondary N) is 1. The van der Waals surface area contributed by atoms with Gasteiger partial charge >= 0.3 is 0 Å². The van der Waals surface area contributed by atoms with Crippen LogP contribution in [-0.4, -0.2) is 16.3 Å². The van der Waals surface area contributed by atoms with Gasteiger partial charge in [0.15, 0.2) is 6.29 Å². The summed E-state index contributed by atoms with van der Waals surface area (Å²) >= 11 is 0. The molecule has 0 amide bonds. The highest BCUT2D eigenvalue weighted by Gasteiger charge is 2.11. The lowest BCUT2D eigenvalue weighted by Gasteiger charge is -2.00. The van der Waals surface area contributed by atoms with E-state index in [1.165, 1.54) is 0 Å². The van der Waals surface area contributed by atoms with Crippen molar-refractivity contribution in [2.24, 2.45) is 0 Å². The third-order valence-corrected chi connectivity index (χ3v) is 1.99. The number of nitrogens with zero attached hydrogens (tertiary/aromatic N) is 1. The second-order valence-electron chi connectivity index (χ2n) is 3.50. The van der Waals surface area contributed by atoms with Gasteiger partial charge in [-0.15, -0.1) is 0 Å². The number of aldehydes is 1. The second-order valence-corrected chi connectivity index (χ2v) is 3.50. The summed E-state index contributed by atoms with van der Waals surface area (Å²) in [4.78, 5) is 18.1. The molecule has 0 fully saturated rings. The van der Waals surface area contributed by atoms with Gasteiger partial charge in [0.2, 0.25) is 0 Å². The van der Waals surface area contributed by atoms with Crippen LogP contribution in [-0.2, 0) is 6.42 Å². The van der Waals surface area contributed by atoms with E-state index < -0.39 is 0 Å². The fraction of sp³-hybridized carbons (Fsp3) is 0.600. The lowest BCUT2D eigenvalue weighted by molar-refractivity contribution is 0.111. The Labute approximate surface area is 78.6 Å². The number of rotatable bonds is 4. The fourth-order valence-electron chi connectivity index (χ4n) is 1.34. The molecule has 72 valence electrons. The number of H-pyrrole nitrogens is 1. The van der Waals surface area contributed by atoms with E-state index >= 15 is 0 Å². The maximum absolute atomic E-state index is 10.7. The molecule has 0 aliphatic carbocycles. The number of imidazole rings is 1. The molecule has 1 aromatic heterocycles. The quantitative estimate of drug-likeness (QED) is 0.722. The smallest absolute Gasteiger partial charge is 0.170 e. The predicted octanol–water partition coefficient (Wildman–Crippen LogP) is 2.30. The normalized spacial score (nSPS) is 10.8. The Morgan fingerprint density at radius 3 is 2.62 bits per heavy atom. The number of carbonyl (C=O) groups excluding carboxylic acids is 1. The van der Waals surface area contributed by atoms with Crippen molar-refractivity contribution in [3.05, 3.63) is 17.2 Å². The van der Waals surface area contributed by atoms with Crippen LogP contribution in [0.4, 0.5) is 0 Å². The van der Waals surface area contributed by atoms with Gasteiger partial charge in [-0.2, -0.15) is 0 Å². The van der Waals surface area contributed by atoms with Gasteiger partial charge in [0.25, 0.3) is 0 Å². The first kappa shape index (κ1) is 9.96. The Bertz CT molecular complexity index is 289. The summed E-state index contributed by atoms with van der Waals surface area (Å²) in [6.07, 6.45) is 2.78. The molecule has 0 unspecified atom stereocenters. The number of aromatic nitrogens is 2. The van der Waals surface area contributed by atoms with Crippen molar-refractivity contribution in [3.8, 4) is 0 Å². The van der Waals surface area contributed by atoms with Crippen LogP contribution in [0.2, 0.25) is 0 Å². The van der Waals surface area contributed by atoms with Gasteiger partial charge < -0.3 is 4.98 Å². The van der Waals surface area contributed by atoms with E-state index in [0.717, 1.165) is 30.6 Å². The minimum Gasteiger partial charge on any atom is -0.345 e. The second kappa shape index (κ2) is 4.21. The molecule has 1 rings (SSSR count). The molecular weight excluding hydrogens is 164 g/mol. The predicted molar refractivity (Wildman–Crippen MR) is 52.1 cm³/mol. The zero-order valence-electron chi connectivity index (χ0n) is 8.42. The van der Waals surface area contributed by atoms with Gasteiger partial charge in [0.1, 0.15) is 11.5 Å². The van der Waals surface area contributed by atoms with Crippen molar-refractivity contribution in [3.63, 3.8) is 0 Å². The highest BCUT2D eigenvalue weighted by molar-refractivity contribution is 5.74. The van der Waals surface area contributed by atoms with E-state index in [0.29, 0.717) is 11.6 Å². The van der Waals surface area contributed by atoms with Gasteiger partial charge in [-0.05, 0) is 12.3 Å². The molecule has 1 heterocycles. The Hall–Kier alpha value is -1.12. The maximum Gasteiger partial charge on any atom is 0.170 e. The highest BCUT2D eigenvalue weighted by atomic mass is 16.1. The number of hydrogen-bond acceptors (Lipinski definition) is 2. The summed E-state index contributed by atoms with van der Waals surface area (Å²) in [5, 5.41) is 0. The molecular formula is C10H16N2O. The Balaban J connectivity index is 2.97. The highest BCUT2D eigenvalue weighted by Crippen LogP contribution is 2.16. The Morgan fingerprint density at radius 1 is 1.54 bits per heavy atom. The van der Waals surface area contributed by atoms with Crippen LogP contribution in [0.15, 0.2) is 0 Å². The van der Waals surface area contributed by atoms with Crippen LogP contribution in [0.1, 0.15) is 55.1 Å². The van der Waals surface area contributed by atoms with E-state index in [4.69, 9.17) is 0 Å². The van der Waals surface area contributed by atoms with Crippen molar-refractivity contribution in [1.82, 2.24) is 9.97 Å². The van der Waals surface area contributed by atoms with Crippen LogP contribution >= 0.6 is 0 Å². The molecule has 0 bridgehead atoms. The van der Waals surface area contributed by atoms with Gasteiger partial charge in [0, 0.05) is 12.1 Å². The standard InChI is InChI=1S/C10H16N2O/c1-4-5-9-11-8(6-13)10(12-9)7(2)3/h6-7H,4-5H2,1-3H3,(H,11,12). The van der Waals surface area contributed by atoms with Crippen molar-refractivity contribution in [1.29, 1.82) is 0 Å². The topological polar surface area (TPSA) is 45.8 Å². The van der Waals surface area contributed by atoms with Crippen LogP contribution in [0.5, 0.6) is 0 Å². The van der Waals surface area contributed by atoms with Crippen molar-refractivity contribution < 1.29 is 4.79 Å². The molecule has 0 saturated heterocycles. The first-order valence-corrected chi connectivity index (χ1v) is 4.73. The summed E-state index contributed by atoms with van der Waals surface area (Å²) in [6, 6.07) is 0. The van der Waals surface area contributed by atoms with Gasteiger partial charge in [-0.3, -0.25) is 4.79 Å². The average molecular weight is 180 g/mol. The molecule has 0 aliphatic rings. The van der Waals surface area contributed by atoms with Crippen molar-refractivity contribution >= 4 is 6.29 Å². The summed E-state index contributed by atoms with van der Waals surface area (Å²) in [6.45, 7) is 6.20. The fourth-order valence-corrected chi connectivity index (χ4v) is 1.34. The molecule has 0 radical (unpaired) electrons. The van der Waals surface area contributed by atoms with Crippen molar-refractivity contribution in [2.75, 3.05) is 0 Å². The Morgan fingerprint density at radius 2 is 2.23 bits per heavy atom. The molecule has 0 spiro atoms. The molecule has 0 saturated carbocycles. The molecule has 13 heavy (non-hydrogen) atoms. The Kier molecular flexibility index (Phi) is 3.23. The number of hydrogen-bond donors (Lipinski definition) is 1. The van der Waals surface area contributed by atoms with Crippen LogP contribution in [0, 0.1) is 0 Å². The summed E-state index contributed by atoms with van der Waals surface area (Å²) in [5.74, 6) is 1.26. The zero-order chi connectivity index (χ0) is 9.84. The third-order valence-electron chi connectivity index (χ3n) is 1.99. The summed E-state index contributed by atoms with van der Waals surface area (Å²) in [5.41, 5.74) is 1.52. The SMILES string of the molecule is CCCc1nc(C=O)c(C(C)C)[nH]1. The molecule has 0 aromatic carbocycles. The number of aryl methyl sites for hydroxylation is 1. The minimum absolute atomic E-state index is 0.332. The lowest BCUT2D eigenvalue weighted by Crippen LogP contribution is -1.93. The molecule has 0 aliphatic heterocycles. The van der Waals surface area contributed by atoms with E-state index in [2.05, 4.69) is 30.7 Å². The van der Waals surface area contributed by atoms with E-state index in [-0.39, 0.29) is 0 Å². The van der Waals surface area contributed by atoms with Crippen LogP contribution < -0.4 is 0 Å². The average Bonchev–Trinajstić information content (AvgIpc) is 2.48.